The van der Waals surface area contributed by atoms with Gasteiger partial charge in [0.25, 0.3) is 0 Å². The summed E-state index contributed by atoms with van der Waals surface area (Å²) in [4.78, 5) is 0. The van der Waals surface area contributed by atoms with Gasteiger partial charge in [0.2, 0.25) is 0 Å². The minimum atomic E-state index is 0.486. The zero-order valence-corrected chi connectivity index (χ0v) is 10.0. The third-order valence-corrected chi connectivity index (χ3v) is 2.65. The fourth-order valence-electron chi connectivity index (χ4n) is 1.50. The molecular formula is C11H12BrN3. The van der Waals surface area contributed by atoms with Crippen molar-refractivity contribution in [2.45, 2.75) is 13.5 Å². The standard InChI is InChI=1S/C11H12BrN3/c1-7-2-8(4-9(12)3-7)11-5-10(6-13)14-15-11/h2-5H,6,13H2,1H3,(H,14,15). The molecule has 0 fully saturated rings. The molecule has 0 saturated heterocycles. The number of benzene rings is 1. The first-order valence-electron chi connectivity index (χ1n) is 4.71. The fraction of sp³-hybridized carbons (Fsp3) is 0.182. The molecule has 78 valence electrons. The number of aromatic amines is 1. The van der Waals surface area contributed by atoms with E-state index >= 15 is 0 Å². The number of aryl methyl sites for hydroxylation is 1. The van der Waals surface area contributed by atoms with Crippen molar-refractivity contribution in [2.75, 3.05) is 0 Å². The van der Waals surface area contributed by atoms with Crippen LogP contribution >= 0.6 is 15.9 Å². The highest BCUT2D eigenvalue weighted by atomic mass is 79.9. The van der Waals surface area contributed by atoms with Crippen molar-refractivity contribution in [3.63, 3.8) is 0 Å². The molecule has 0 aliphatic rings. The Bertz CT molecular complexity index is 456. The summed E-state index contributed by atoms with van der Waals surface area (Å²) >= 11 is 3.47. The van der Waals surface area contributed by atoms with Crippen LogP contribution in [-0.2, 0) is 6.54 Å². The van der Waals surface area contributed by atoms with Crippen LogP contribution in [0.15, 0.2) is 28.7 Å². The normalized spacial score (nSPS) is 10.6. The lowest BCUT2D eigenvalue weighted by molar-refractivity contribution is 0.948. The average Bonchev–Trinajstić information content (AvgIpc) is 2.64. The van der Waals surface area contributed by atoms with Gasteiger partial charge in [-0.3, -0.25) is 5.10 Å². The molecule has 0 aliphatic carbocycles. The van der Waals surface area contributed by atoms with Crippen LogP contribution in [0.4, 0.5) is 0 Å². The monoisotopic (exact) mass is 265 g/mol. The Kier molecular flexibility index (Phi) is 2.88. The van der Waals surface area contributed by atoms with E-state index < -0.39 is 0 Å². The van der Waals surface area contributed by atoms with Crippen LogP contribution in [0.5, 0.6) is 0 Å². The number of nitrogens with one attached hydrogen (secondary N) is 1. The van der Waals surface area contributed by atoms with E-state index in [4.69, 9.17) is 5.73 Å². The lowest BCUT2D eigenvalue weighted by atomic mass is 10.1. The Labute approximate surface area is 96.8 Å². The number of hydrogen-bond acceptors (Lipinski definition) is 2. The molecule has 0 amide bonds. The summed E-state index contributed by atoms with van der Waals surface area (Å²) in [6.07, 6.45) is 0. The second-order valence-corrected chi connectivity index (χ2v) is 4.42. The van der Waals surface area contributed by atoms with Gasteiger partial charge in [-0.2, -0.15) is 5.10 Å². The smallest absolute Gasteiger partial charge is 0.0924 e. The highest BCUT2D eigenvalue weighted by molar-refractivity contribution is 9.10. The number of aromatic nitrogens is 2. The molecule has 1 aromatic heterocycles. The summed E-state index contributed by atoms with van der Waals surface area (Å²) in [6, 6.07) is 8.19. The Morgan fingerprint density at radius 2 is 2.13 bits per heavy atom. The van der Waals surface area contributed by atoms with E-state index in [1.807, 2.05) is 12.1 Å². The first-order valence-corrected chi connectivity index (χ1v) is 5.50. The lowest BCUT2D eigenvalue weighted by Crippen LogP contribution is -1.95. The molecule has 3 nitrogen and oxygen atoms in total. The van der Waals surface area contributed by atoms with Crippen molar-refractivity contribution in [1.29, 1.82) is 0 Å². The number of rotatable bonds is 2. The maximum Gasteiger partial charge on any atom is 0.0924 e. The third-order valence-electron chi connectivity index (χ3n) is 2.19. The molecule has 3 N–H and O–H groups in total. The molecule has 1 heterocycles. The molecule has 2 aromatic rings. The van der Waals surface area contributed by atoms with Crippen LogP contribution in [0.2, 0.25) is 0 Å². The van der Waals surface area contributed by atoms with Crippen molar-refractivity contribution in [1.82, 2.24) is 10.2 Å². The summed E-state index contributed by atoms with van der Waals surface area (Å²) in [5.74, 6) is 0. The number of nitrogens with zero attached hydrogens (tertiary/aromatic N) is 1. The van der Waals surface area contributed by atoms with Gasteiger partial charge in [0, 0.05) is 22.3 Å². The first-order chi connectivity index (χ1) is 7.19. The minimum Gasteiger partial charge on any atom is -0.325 e. The maximum atomic E-state index is 5.52. The summed E-state index contributed by atoms with van der Waals surface area (Å²) in [5, 5.41) is 7.12. The van der Waals surface area contributed by atoms with Gasteiger partial charge in [-0.15, -0.1) is 0 Å². The van der Waals surface area contributed by atoms with Gasteiger partial charge in [-0.1, -0.05) is 15.9 Å². The molecule has 0 atom stereocenters. The zero-order valence-electron chi connectivity index (χ0n) is 8.42. The Hall–Kier alpha value is -1.13. The SMILES string of the molecule is Cc1cc(Br)cc(-c2cc(CN)[nH]n2)c1. The topological polar surface area (TPSA) is 54.7 Å². The first kappa shape index (κ1) is 10.4. The highest BCUT2D eigenvalue weighted by Crippen LogP contribution is 2.23. The van der Waals surface area contributed by atoms with Crippen LogP contribution in [0.25, 0.3) is 11.3 Å². The van der Waals surface area contributed by atoms with Crippen LogP contribution in [0, 0.1) is 6.92 Å². The lowest BCUT2D eigenvalue weighted by Gasteiger charge is -2.00. The zero-order chi connectivity index (χ0) is 10.8. The molecule has 0 aliphatic heterocycles. The van der Waals surface area contributed by atoms with Crippen molar-refractivity contribution in [2.24, 2.45) is 5.73 Å². The van der Waals surface area contributed by atoms with Gasteiger partial charge in [0.15, 0.2) is 0 Å². The fourth-order valence-corrected chi connectivity index (χ4v) is 2.11. The number of nitrogens with two attached hydrogens (primary N) is 1. The second kappa shape index (κ2) is 4.16. The predicted octanol–water partition coefficient (Wildman–Crippen LogP) is 2.61. The van der Waals surface area contributed by atoms with Gasteiger partial charge in [0.05, 0.1) is 5.69 Å². The second-order valence-electron chi connectivity index (χ2n) is 3.50. The molecular weight excluding hydrogens is 254 g/mol. The van der Waals surface area contributed by atoms with Crippen molar-refractivity contribution in [3.8, 4) is 11.3 Å². The van der Waals surface area contributed by atoms with E-state index in [0.29, 0.717) is 6.54 Å². The molecule has 15 heavy (non-hydrogen) atoms. The van der Waals surface area contributed by atoms with E-state index in [1.54, 1.807) is 0 Å². The van der Waals surface area contributed by atoms with E-state index in [9.17, 15) is 0 Å². The van der Waals surface area contributed by atoms with E-state index in [1.165, 1.54) is 5.56 Å². The molecule has 0 unspecified atom stereocenters. The third kappa shape index (κ3) is 2.27. The van der Waals surface area contributed by atoms with Gasteiger partial charge in [-0.05, 0) is 36.8 Å². The largest absolute Gasteiger partial charge is 0.325 e. The van der Waals surface area contributed by atoms with E-state index in [2.05, 4.69) is 45.2 Å². The average molecular weight is 266 g/mol. The van der Waals surface area contributed by atoms with Crippen LogP contribution in [-0.4, -0.2) is 10.2 Å². The molecule has 0 bridgehead atoms. The van der Waals surface area contributed by atoms with Gasteiger partial charge in [-0.25, -0.2) is 0 Å². The van der Waals surface area contributed by atoms with Crippen molar-refractivity contribution in [3.05, 3.63) is 40.0 Å². The van der Waals surface area contributed by atoms with Crippen LogP contribution in [0.3, 0.4) is 0 Å². The molecule has 0 radical (unpaired) electrons. The molecule has 0 spiro atoms. The quantitative estimate of drug-likeness (QED) is 0.877. The molecule has 1 aromatic carbocycles. The van der Waals surface area contributed by atoms with Crippen molar-refractivity contribution >= 4 is 15.9 Å². The number of halogens is 1. The van der Waals surface area contributed by atoms with Crippen molar-refractivity contribution < 1.29 is 0 Å². The number of hydrogen-bond donors (Lipinski definition) is 2. The van der Waals surface area contributed by atoms with E-state index in [0.717, 1.165) is 21.4 Å². The van der Waals surface area contributed by atoms with Gasteiger partial charge < -0.3 is 5.73 Å². The summed E-state index contributed by atoms with van der Waals surface area (Å²) in [7, 11) is 0. The Morgan fingerprint density at radius 1 is 1.33 bits per heavy atom. The Balaban J connectivity index is 2.44. The highest BCUT2D eigenvalue weighted by Gasteiger charge is 2.04. The summed E-state index contributed by atoms with van der Waals surface area (Å²) in [5.41, 5.74) is 9.70. The van der Waals surface area contributed by atoms with Crippen LogP contribution < -0.4 is 5.73 Å². The molecule has 2 rings (SSSR count). The Morgan fingerprint density at radius 3 is 2.73 bits per heavy atom. The summed E-state index contributed by atoms with van der Waals surface area (Å²) < 4.78 is 1.06. The predicted molar refractivity (Wildman–Crippen MR) is 64.4 cm³/mol. The molecule has 4 heteroatoms. The summed E-state index contributed by atoms with van der Waals surface area (Å²) in [6.45, 7) is 2.55. The van der Waals surface area contributed by atoms with Crippen LogP contribution in [0.1, 0.15) is 11.3 Å². The maximum absolute atomic E-state index is 5.52. The van der Waals surface area contributed by atoms with Gasteiger partial charge >= 0.3 is 0 Å². The minimum absolute atomic E-state index is 0.486. The number of H-pyrrole nitrogens is 1. The molecule has 0 saturated carbocycles. The van der Waals surface area contributed by atoms with Gasteiger partial charge in [0.1, 0.15) is 0 Å². The van der Waals surface area contributed by atoms with E-state index in [-0.39, 0.29) is 0 Å².